The number of carbonyl (C=O) groups is 1. The number of para-hydroxylation sites is 2. The van der Waals surface area contributed by atoms with Crippen molar-refractivity contribution < 1.29 is 17.6 Å². The Balaban J connectivity index is 1.65. The number of nitrogens with two attached hydrogens (primary N) is 1. The van der Waals surface area contributed by atoms with E-state index in [1.165, 1.54) is 24.3 Å². The number of benzene rings is 2. The van der Waals surface area contributed by atoms with Crippen LogP contribution in [-0.4, -0.2) is 19.3 Å². The molecule has 8 heteroatoms. The Hall–Kier alpha value is -2.97. The van der Waals surface area contributed by atoms with Gasteiger partial charge < -0.3 is 9.73 Å². The zero-order valence-corrected chi connectivity index (χ0v) is 14.7. The molecule has 3 N–H and O–H groups in total. The fourth-order valence-electron chi connectivity index (χ4n) is 2.40. The number of aromatic nitrogens is 1. The summed E-state index contributed by atoms with van der Waals surface area (Å²) in [6.45, 7) is 1.79. The second kappa shape index (κ2) is 7.11. The standard InChI is InChI=1S/C18H17N3O4S/c1-12(13-6-8-14(9-7-13)26(19,23)24)20-17(22)10-11-18-21-15-4-2-3-5-16(15)25-18/h2-12H,1H3,(H,20,22)(H2,19,23,24)/b11-10+. The van der Waals surface area contributed by atoms with Gasteiger partial charge in [-0.3, -0.25) is 4.79 Å². The molecule has 1 aromatic heterocycles. The fraction of sp³-hybridized carbons (Fsp3) is 0.111. The number of fused-ring (bicyclic) bond motifs is 1. The highest BCUT2D eigenvalue weighted by Crippen LogP contribution is 2.17. The summed E-state index contributed by atoms with van der Waals surface area (Å²) in [4.78, 5) is 16.3. The van der Waals surface area contributed by atoms with Gasteiger partial charge in [-0.1, -0.05) is 24.3 Å². The molecule has 0 saturated heterocycles. The number of carbonyl (C=O) groups excluding carboxylic acids is 1. The van der Waals surface area contributed by atoms with Crippen LogP contribution in [0.25, 0.3) is 17.2 Å². The molecule has 26 heavy (non-hydrogen) atoms. The molecule has 3 rings (SSSR count). The fourth-order valence-corrected chi connectivity index (χ4v) is 2.91. The van der Waals surface area contributed by atoms with E-state index in [1.807, 2.05) is 18.2 Å². The number of oxazole rings is 1. The summed E-state index contributed by atoms with van der Waals surface area (Å²) in [6, 6.07) is 13.0. The molecule has 0 radical (unpaired) electrons. The van der Waals surface area contributed by atoms with Crippen molar-refractivity contribution in [2.75, 3.05) is 0 Å². The van der Waals surface area contributed by atoms with E-state index in [9.17, 15) is 13.2 Å². The average molecular weight is 371 g/mol. The highest BCUT2D eigenvalue weighted by Gasteiger charge is 2.11. The molecule has 134 valence electrons. The highest BCUT2D eigenvalue weighted by molar-refractivity contribution is 7.89. The molecule has 7 nitrogen and oxygen atoms in total. The normalized spacial score (nSPS) is 13.2. The Bertz CT molecular complexity index is 1040. The van der Waals surface area contributed by atoms with Crippen molar-refractivity contribution in [1.29, 1.82) is 0 Å². The monoisotopic (exact) mass is 371 g/mol. The predicted molar refractivity (Wildman–Crippen MR) is 97.4 cm³/mol. The van der Waals surface area contributed by atoms with Crippen molar-refractivity contribution in [2.45, 2.75) is 17.9 Å². The Labute approximate surface area is 150 Å². The maximum absolute atomic E-state index is 12.1. The average Bonchev–Trinajstić information content (AvgIpc) is 3.02. The number of primary sulfonamides is 1. The van der Waals surface area contributed by atoms with Gasteiger partial charge in [-0.2, -0.15) is 0 Å². The summed E-state index contributed by atoms with van der Waals surface area (Å²) in [6.07, 6.45) is 2.83. The molecule has 0 spiro atoms. The first-order valence-electron chi connectivity index (χ1n) is 7.80. The quantitative estimate of drug-likeness (QED) is 0.668. The van der Waals surface area contributed by atoms with E-state index in [0.717, 1.165) is 11.1 Å². The molecule has 1 atom stereocenters. The summed E-state index contributed by atoms with van der Waals surface area (Å²) in [5.41, 5.74) is 2.12. The number of amides is 1. The molecule has 0 saturated carbocycles. The summed E-state index contributed by atoms with van der Waals surface area (Å²) < 4.78 is 28.0. The van der Waals surface area contributed by atoms with Crippen molar-refractivity contribution in [3.05, 3.63) is 66.1 Å². The number of hydrogen-bond acceptors (Lipinski definition) is 5. The second-order valence-electron chi connectivity index (χ2n) is 5.70. The van der Waals surface area contributed by atoms with Gasteiger partial charge in [-0.05, 0) is 36.8 Å². The SMILES string of the molecule is CC(NC(=O)/C=C/c1nc2ccccc2o1)c1ccc(S(N)(=O)=O)cc1. The largest absolute Gasteiger partial charge is 0.437 e. The topological polar surface area (TPSA) is 115 Å². The Morgan fingerprint density at radius 1 is 1.19 bits per heavy atom. The minimum absolute atomic E-state index is 0.0237. The third-order valence-electron chi connectivity index (χ3n) is 3.76. The molecule has 0 aliphatic heterocycles. The van der Waals surface area contributed by atoms with Crippen LogP contribution in [0.4, 0.5) is 0 Å². The van der Waals surface area contributed by atoms with Crippen molar-refractivity contribution in [3.63, 3.8) is 0 Å². The van der Waals surface area contributed by atoms with Gasteiger partial charge in [0.1, 0.15) is 5.52 Å². The maximum Gasteiger partial charge on any atom is 0.244 e. The first-order valence-corrected chi connectivity index (χ1v) is 9.34. The van der Waals surface area contributed by atoms with Crippen molar-refractivity contribution >= 4 is 33.1 Å². The van der Waals surface area contributed by atoms with Gasteiger partial charge in [-0.25, -0.2) is 18.5 Å². The molecule has 3 aromatic rings. The van der Waals surface area contributed by atoms with Crippen LogP contribution in [0.15, 0.2) is 63.9 Å². The lowest BCUT2D eigenvalue weighted by Gasteiger charge is -2.13. The number of sulfonamides is 1. The molecular formula is C18H17N3O4S. The van der Waals surface area contributed by atoms with Gasteiger partial charge in [0.05, 0.1) is 10.9 Å². The molecular weight excluding hydrogens is 354 g/mol. The van der Waals surface area contributed by atoms with Crippen LogP contribution in [-0.2, 0) is 14.8 Å². The summed E-state index contributed by atoms with van der Waals surface area (Å²) in [7, 11) is -3.73. The van der Waals surface area contributed by atoms with E-state index in [4.69, 9.17) is 9.56 Å². The van der Waals surface area contributed by atoms with E-state index in [-0.39, 0.29) is 16.8 Å². The number of rotatable bonds is 5. The van der Waals surface area contributed by atoms with E-state index in [2.05, 4.69) is 10.3 Å². The minimum atomic E-state index is -3.73. The third kappa shape index (κ3) is 4.16. The van der Waals surface area contributed by atoms with Gasteiger partial charge in [0.15, 0.2) is 5.58 Å². The molecule has 1 heterocycles. The number of nitrogens with one attached hydrogen (secondary N) is 1. The van der Waals surface area contributed by atoms with Crippen molar-refractivity contribution in [3.8, 4) is 0 Å². The van der Waals surface area contributed by atoms with Gasteiger partial charge in [-0.15, -0.1) is 0 Å². The molecule has 1 unspecified atom stereocenters. The molecule has 0 fully saturated rings. The van der Waals surface area contributed by atoms with Crippen LogP contribution in [0, 0.1) is 0 Å². The molecule has 1 amide bonds. The lowest BCUT2D eigenvalue weighted by Crippen LogP contribution is -2.24. The molecule has 2 aromatic carbocycles. The lowest BCUT2D eigenvalue weighted by atomic mass is 10.1. The first-order chi connectivity index (χ1) is 12.3. The highest BCUT2D eigenvalue weighted by atomic mass is 32.2. The lowest BCUT2D eigenvalue weighted by molar-refractivity contribution is -0.117. The van der Waals surface area contributed by atoms with E-state index >= 15 is 0 Å². The van der Waals surface area contributed by atoms with Crippen LogP contribution in [0.3, 0.4) is 0 Å². The Morgan fingerprint density at radius 2 is 1.88 bits per heavy atom. The van der Waals surface area contributed by atoms with Crippen LogP contribution in [0.2, 0.25) is 0 Å². The zero-order chi connectivity index (χ0) is 18.7. The van der Waals surface area contributed by atoms with Gasteiger partial charge in [0, 0.05) is 12.2 Å². The van der Waals surface area contributed by atoms with E-state index in [1.54, 1.807) is 25.1 Å². The van der Waals surface area contributed by atoms with Gasteiger partial charge in [0.25, 0.3) is 0 Å². The summed E-state index contributed by atoms with van der Waals surface area (Å²) >= 11 is 0. The van der Waals surface area contributed by atoms with Crippen LogP contribution in [0.5, 0.6) is 0 Å². The predicted octanol–water partition coefficient (Wildman–Crippen LogP) is 2.37. The summed E-state index contributed by atoms with van der Waals surface area (Å²) in [5, 5.41) is 7.85. The Kier molecular flexibility index (Phi) is 4.88. The van der Waals surface area contributed by atoms with Crippen LogP contribution >= 0.6 is 0 Å². The van der Waals surface area contributed by atoms with Crippen LogP contribution < -0.4 is 10.5 Å². The zero-order valence-electron chi connectivity index (χ0n) is 13.9. The van der Waals surface area contributed by atoms with Crippen molar-refractivity contribution in [1.82, 2.24) is 10.3 Å². The van der Waals surface area contributed by atoms with E-state index in [0.29, 0.717) is 11.5 Å². The molecule has 0 aliphatic carbocycles. The smallest absolute Gasteiger partial charge is 0.244 e. The number of nitrogens with zero attached hydrogens (tertiary/aromatic N) is 1. The van der Waals surface area contributed by atoms with Crippen LogP contribution in [0.1, 0.15) is 24.4 Å². The molecule has 0 aliphatic rings. The van der Waals surface area contributed by atoms with Gasteiger partial charge >= 0.3 is 0 Å². The van der Waals surface area contributed by atoms with E-state index < -0.39 is 10.0 Å². The maximum atomic E-state index is 12.1. The number of hydrogen-bond donors (Lipinski definition) is 2. The minimum Gasteiger partial charge on any atom is -0.437 e. The summed E-state index contributed by atoms with van der Waals surface area (Å²) in [5.74, 6) is 0.0155. The van der Waals surface area contributed by atoms with Gasteiger partial charge in [0.2, 0.25) is 21.8 Å². The van der Waals surface area contributed by atoms with Crippen molar-refractivity contribution in [2.24, 2.45) is 5.14 Å². The molecule has 0 bridgehead atoms. The second-order valence-corrected chi connectivity index (χ2v) is 7.26. The first kappa shape index (κ1) is 17.8. The third-order valence-corrected chi connectivity index (χ3v) is 4.68. The Morgan fingerprint density at radius 3 is 2.54 bits per heavy atom.